The van der Waals surface area contributed by atoms with Gasteiger partial charge in [-0.3, -0.25) is 14.3 Å². The van der Waals surface area contributed by atoms with Crippen molar-refractivity contribution in [2.75, 3.05) is 13.1 Å². The van der Waals surface area contributed by atoms with E-state index in [9.17, 15) is 14.7 Å². The van der Waals surface area contributed by atoms with Crippen LogP contribution in [0.3, 0.4) is 0 Å². The number of fused-ring (bicyclic) bond motifs is 2. The van der Waals surface area contributed by atoms with E-state index >= 15 is 0 Å². The first-order valence-corrected chi connectivity index (χ1v) is 8.81. The molecule has 1 aromatic heterocycles. The molecular weight excluding hydrogens is 330 g/mol. The number of rotatable bonds is 4. The van der Waals surface area contributed by atoms with Crippen molar-refractivity contribution in [1.82, 2.24) is 14.5 Å². The average Bonchev–Trinajstić information content (AvgIpc) is 2.65. The molecule has 6 nitrogen and oxygen atoms in total. The first kappa shape index (κ1) is 16.8. The molecule has 1 unspecified atom stereocenters. The van der Waals surface area contributed by atoms with Crippen LogP contribution in [0, 0.1) is 0 Å². The summed E-state index contributed by atoms with van der Waals surface area (Å²) in [5, 5.41) is 10.9. The van der Waals surface area contributed by atoms with Crippen LogP contribution in [0.25, 0.3) is 10.9 Å². The lowest BCUT2D eigenvalue weighted by atomic mass is 10.00. The molecule has 0 saturated heterocycles. The fourth-order valence-corrected chi connectivity index (χ4v) is 3.64. The number of nitrogens with one attached hydrogen (secondary N) is 1. The Bertz CT molecular complexity index is 1050. The molecule has 1 aliphatic heterocycles. The molecular formula is C20H21N3O3. The molecule has 134 valence electrons. The molecule has 2 N–H and O–H groups in total. The molecule has 0 fully saturated rings. The largest absolute Gasteiger partial charge is 0.390 e. The summed E-state index contributed by atoms with van der Waals surface area (Å²) < 4.78 is 1.09. The van der Waals surface area contributed by atoms with Gasteiger partial charge < -0.3 is 10.1 Å². The minimum Gasteiger partial charge on any atom is -0.390 e. The van der Waals surface area contributed by atoms with Gasteiger partial charge in [0.25, 0.3) is 5.56 Å². The third kappa shape index (κ3) is 3.21. The second-order valence-electron chi connectivity index (χ2n) is 6.80. The molecule has 3 aromatic rings. The molecule has 1 aliphatic rings. The van der Waals surface area contributed by atoms with Crippen molar-refractivity contribution in [2.45, 2.75) is 25.6 Å². The Balaban J connectivity index is 1.51. The molecule has 1 atom stereocenters. The van der Waals surface area contributed by atoms with Gasteiger partial charge in [0, 0.05) is 19.6 Å². The second-order valence-corrected chi connectivity index (χ2v) is 6.80. The summed E-state index contributed by atoms with van der Waals surface area (Å²) in [5.74, 6) is 0. The Labute approximate surface area is 150 Å². The number of benzene rings is 2. The van der Waals surface area contributed by atoms with Gasteiger partial charge in [-0.15, -0.1) is 0 Å². The highest BCUT2D eigenvalue weighted by Crippen LogP contribution is 2.18. The highest BCUT2D eigenvalue weighted by Gasteiger charge is 2.19. The third-order valence-corrected chi connectivity index (χ3v) is 4.96. The maximum atomic E-state index is 12.6. The van der Waals surface area contributed by atoms with Crippen molar-refractivity contribution in [3.8, 4) is 0 Å². The van der Waals surface area contributed by atoms with Gasteiger partial charge in [-0.2, -0.15) is 0 Å². The number of aliphatic hydroxyl groups excluding tert-OH is 1. The zero-order chi connectivity index (χ0) is 18.1. The molecule has 2 aromatic carbocycles. The molecule has 0 saturated carbocycles. The van der Waals surface area contributed by atoms with Crippen LogP contribution in [0.15, 0.2) is 58.1 Å². The molecule has 0 spiro atoms. The van der Waals surface area contributed by atoms with Crippen LogP contribution in [0.1, 0.15) is 11.1 Å². The van der Waals surface area contributed by atoms with Gasteiger partial charge in [0.2, 0.25) is 0 Å². The van der Waals surface area contributed by atoms with Crippen LogP contribution in [0.2, 0.25) is 0 Å². The van der Waals surface area contributed by atoms with Crippen LogP contribution in [-0.4, -0.2) is 38.8 Å². The van der Waals surface area contributed by atoms with Crippen LogP contribution < -0.4 is 11.2 Å². The summed E-state index contributed by atoms with van der Waals surface area (Å²) in [6.07, 6.45) is 0.152. The Morgan fingerprint density at radius 1 is 1.00 bits per heavy atom. The summed E-state index contributed by atoms with van der Waals surface area (Å²) in [6, 6.07) is 15.2. The van der Waals surface area contributed by atoms with Crippen molar-refractivity contribution in [3.05, 3.63) is 80.5 Å². The van der Waals surface area contributed by atoms with Crippen LogP contribution >= 0.6 is 0 Å². The maximum Gasteiger partial charge on any atom is 0.328 e. The van der Waals surface area contributed by atoms with Crippen LogP contribution in [0.5, 0.6) is 0 Å². The van der Waals surface area contributed by atoms with Crippen molar-refractivity contribution < 1.29 is 5.11 Å². The zero-order valence-electron chi connectivity index (χ0n) is 14.4. The van der Waals surface area contributed by atoms with Gasteiger partial charge in [0.1, 0.15) is 0 Å². The van der Waals surface area contributed by atoms with Gasteiger partial charge >= 0.3 is 5.69 Å². The number of H-pyrrole nitrogens is 1. The van der Waals surface area contributed by atoms with E-state index in [-0.39, 0.29) is 12.1 Å². The van der Waals surface area contributed by atoms with Gasteiger partial charge in [0.05, 0.1) is 23.6 Å². The third-order valence-electron chi connectivity index (χ3n) is 4.96. The topological polar surface area (TPSA) is 78.3 Å². The second kappa shape index (κ2) is 6.90. The summed E-state index contributed by atoms with van der Waals surface area (Å²) in [6.45, 7) is 2.04. The summed E-state index contributed by atoms with van der Waals surface area (Å²) >= 11 is 0. The Hall–Kier alpha value is -2.70. The monoisotopic (exact) mass is 351 g/mol. The predicted molar refractivity (Wildman–Crippen MR) is 100 cm³/mol. The number of para-hydroxylation sites is 1. The van der Waals surface area contributed by atoms with Crippen LogP contribution in [0.4, 0.5) is 0 Å². The van der Waals surface area contributed by atoms with Crippen LogP contribution in [-0.2, 0) is 19.5 Å². The Morgan fingerprint density at radius 2 is 1.73 bits per heavy atom. The van der Waals surface area contributed by atoms with Gasteiger partial charge in [-0.05, 0) is 29.7 Å². The highest BCUT2D eigenvalue weighted by molar-refractivity contribution is 5.76. The van der Waals surface area contributed by atoms with E-state index in [2.05, 4.69) is 22.0 Å². The minimum atomic E-state index is -0.791. The normalized spacial score (nSPS) is 15.7. The van der Waals surface area contributed by atoms with E-state index in [1.54, 1.807) is 24.3 Å². The van der Waals surface area contributed by atoms with E-state index in [0.717, 1.165) is 24.1 Å². The van der Waals surface area contributed by atoms with E-state index < -0.39 is 11.8 Å². The smallest absolute Gasteiger partial charge is 0.328 e. The first-order chi connectivity index (χ1) is 12.6. The molecule has 0 radical (unpaired) electrons. The molecule has 4 rings (SSSR count). The van der Waals surface area contributed by atoms with E-state index in [4.69, 9.17) is 0 Å². The SMILES string of the molecule is O=c1[nH]c2ccccc2c(=O)n1CC(O)CN1CCc2ccccc2C1. The highest BCUT2D eigenvalue weighted by atomic mass is 16.3. The minimum absolute atomic E-state index is 0.0167. The average molecular weight is 351 g/mol. The summed E-state index contributed by atoms with van der Waals surface area (Å²) in [7, 11) is 0. The maximum absolute atomic E-state index is 12.6. The lowest BCUT2D eigenvalue weighted by Crippen LogP contribution is -2.43. The van der Waals surface area contributed by atoms with E-state index in [1.165, 1.54) is 11.1 Å². The number of nitrogens with zero attached hydrogens (tertiary/aromatic N) is 2. The van der Waals surface area contributed by atoms with Crippen molar-refractivity contribution in [2.24, 2.45) is 0 Å². The number of β-amino-alcohol motifs (C(OH)–C–C–N with tert-alkyl or cyclic N) is 1. The number of hydrogen-bond acceptors (Lipinski definition) is 4. The van der Waals surface area contributed by atoms with E-state index in [0.29, 0.717) is 17.4 Å². The molecule has 0 amide bonds. The van der Waals surface area contributed by atoms with Gasteiger partial charge in [-0.1, -0.05) is 36.4 Å². The predicted octanol–water partition coefficient (Wildman–Crippen LogP) is 1.11. The standard InChI is InChI=1S/C20H21N3O3/c24-16(12-22-10-9-14-5-1-2-6-15(14)11-22)13-23-19(25)17-7-3-4-8-18(17)21-20(23)26/h1-8,16,24H,9-13H2,(H,21,26). The Morgan fingerprint density at radius 3 is 2.58 bits per heavy atom. The van der Waals surface area contributed by atoms with Crippen molar-refractivity contribution in [1.29, 1.82) is 0 Å². The number of aromatic nitrogens is 2. The fraction of sp³-hybridized carbons (Fsp3) is 0.300. The summed E-state index contributed by atoms with van der Waals surface area (Å²) in [5.41, 5.74) is 2.28. The number of hydrogen-bond donors (Lipinski definition) is 2. The zero-order valence-corrected chi connectivity index (χ0v) is 14.4. The summed E-state index contributed by atoms with van der Waals surface area (Å²) in [4.78, 5) is 29.7. The van der Waals surface area contributed by atoms with Gasteiger partial charge in [0.15, 0.2) is 0 Å². The molecule has 6 heteroatoms. The lowest BCUT2D eigenvalue weighted by molar-refractivity contribution is 0.0900. The quantitative estimate of drug-likeness (QED) is 0.738. The molecule has 26 heavy (non-hydrogen) atoms. The number of aliphatic hydroxyl groups is 1. The Kier molecular flexibility index (Phi) is 4.44. The molecule has 2 heterocycles. The first-order valence-electron chi connectivity index (χ1n) is 8.81. The fourth-order valence-electron chi connectivity index (χ4n) is 3.64. The molecule has 0 aliphatic carbocycles. The van der Waals surface area contributed by atoms with Crippen molar-refractivity contribution >= 4 is 10.9 Å². The van der Waals surface area contributed by atoms with E-state index in [1.807, 2.05) is 12.1 Å². The molecule has 0 bridgehead atoms. The lowest BCUT2D eigenvalue weighted by Gasteiger charge is -2.30. The van der Waals surface area contributed by atoms with Gasteiger partial charge in [-0.25, -0.2) is 4.79 Å². The number of aromatic amines is 1. The van der Waals surface area contributed by atoms with Crippen molar-refractivity contribution in [3.63, 3.8) is 0 Å².